The van der Waals surface area contributed by atoms with Gasteiger partial charge in [0.15, 0.2) is 0 Å². The average molecular weight is 181 g/mol. The number of morpholine rings is 1. The number of rotatable bonds is 2. The fourth-order valence-corrected chi connectivity index (χ4v) is 1.76. The van der Waals surface area contributed by atoms with Gasteiger partial charge in [0.2, 0.25) is 5.91 Å². The van der Waals surface area contributed by atoms with Crippen molar-refractivity contribution >= 4 is 5.91 Å². The summed E-state index contributed by atoms with van der Waals surface area (Å²) in [6.07, 6.45) is 4.20. The minimum atomic E-state index is 0.0361. The number of ether oxygens (including phenoxy) is 1. The zero-order valence-corrected chi connectivity index (χ0v) is 7.74. The molecule has 1 amide bonds. The molecule has 2 rings (SSSR count). The number of nitrogens with zero attached hydrogens (tertiary/aromatic N) is 1. The third-order valence-electron chi connectivity index (χ3n) is 2.73. The molecule has 3 nitrogen and oxygen atoms in total. The molecular formula is C10H15NO2. The van der Waals surface area contributed by atoms with Crippen LogP contribution < -0.4 is 0 Å². The molecule has 3 heteroatoms. The van der Waals surface area contributed by atoms with E-state index in [1.807, 2.05) is 4.90 Å². The Hall–Kier alpha value is -0.830. The fraction of sp³-hybridized carbons (Fsp3) is 0.700. The molecule has 1 unspecified atom stereocenters. The largest absolute Gasteiger partial charge is 0.374 e. The number of hydrogen-bond acceptors (Lipinski definition) is 2. The van der Waals surface area contributed by atoms with Gasteiger partial charge in [0.25, 0.3) is 0 Å². The van der Waals surface area contributed by atoms with Gasteiger partial charge in [-0.1, -0.05) is 6.58 Å². The third kappa shape index (κ3) is 1.91. The monoisotopic (exact) mass is 181 g/mol. The molecule has 2 aliphatic rings. The highest BCUT2D eigenvalue weighted by atomic mass is 16.5. The van der Waals surface area contributed by atoms with Crippen molar-refractivity contribution < 1.29 is 9.53 Å². The van der Waals surface area contributed by atoms with Crippen LogP contribution >= 0.6 is 0 Å². The SMILES string of the molecule is C=CC(=O)N1CCOC(C2CC2)C1. The van der Waals surface area contributed by atoms with Crippen molar-refractivity contribution in [1.29, 1.82) is 0 Å². The van der Waals surface area contributed by atoms with E-state index in [9.17, 15) is 4.79 Å². The Bertz CT molecular complexity index is 223. The molecule has 1 aliphatic carbocycles. The van der Waals surface area contributed by atoms with Crippen molar-refractivity contribution in [2.75, 3.05) is 19.7 Å². The van der Waals surface area contributed by atoms with Crippen molar-refractivity contribution in [3.63, 3.8) is 0 Å². The molecule has 0 bridgehead atoms. The Kier molecular flexibility index (Phi) is 2.36. The van der Waals surface area contributed by atoms with Crippen LogP contribution in [-0.4, -0.2) is 36.6 Å². The molecule has 72 valence electrons. The van der Waals surface area contributed by atoms with E-state index >= 15 is 0 Å². The van der Waals surface area contributed by atoms with E-state index in [1.165, 1.54) is 18.9 Å². The lowest BCUT2D eigenvalue weighted by atomic mass is 10.2. The smallest absolute Gasteiger partial charge is 0.246 e. The van der Waals surface area contributed by atoms with Gasteiger partial charge in [-0.05, 0) is 24.8 Å². The molecule has 0 aromatic heterocycles. The zero-order chi connectivity index (χ0) is 9.26. The Morgan fingerprint density at radius 1 is 1.54 bits per heavy atom. The van der Waals surface area contributed by atoms with Crippen LogP contribution in [0.25, 0.3) is 0 Å². The van der Waals surface area contributed by atoms with Crippen molar-refractivity contribution in [3.8, 4) is 0 Å². The second-order valence-corrected chi connectivity index (χ2v) is 3.74. The van der Waals surface area contributed by atoms with Crippen LogP contribution in [0.5, 0.6) is 0 Å². The van der Waals surface area contributed by atoms with Gasteiger partial charge in [-0.2, -0.15) is 0 Å². The van der Waals surface area contributed by atoms with E-state index in [0.717, 1.165) is 6.54 Å². The van der Waals surface area contributed by atoms with Gasteiger partial charge in [-0.3, -0.25) is 4.79 Å². The first kappa shape index (κ1) is 8.75. The Morgan fingerprint density at radius 2 is 2.31 bits per heavy atom. The quantitative estimate of drug-likeness (QED) is 0.590. The van der Waals surface area contributed by atoms with Gasteiger partial charge < -0.3 is 9.64 Å². The van der Waals surface area contributed by atoms with Crippen LogP contribution in [0.1, 0.15) is 12.8 Å². The first-order chi connectivity index (χ1) is 6.31. The molecule has 1 aliphatic heterocycles. The minimum absolute atomic E-state index is 0.0361. The predicted molar refractivity (Wildman–Crippen MR) is 49.2 cm³/mol. The summed E-state index contributed by atoms with van der Waals surface area (Å²) < 4.78 is 5.60. The normalized spacial score (nSPS) is 28.6. The van der Waals surface area contributed by atoms with Crippen molar-refractivity contribution in [1.82, 2.24) is 4.90 Å². The van der Waals surface area contributed by atoms with Gasteiger partial charge in [-0.25, -0.2) is 0 Å². The molecule has 1 saturated heterocycles. The van der Waals surface area contributed by atoms with Crippen LogP contribution in [-0.2, 0) is 9.53 Å². The molecule has 0 spiro atoms. The maximum absolute atomic E-state index is 11.3. The van der Waals surface area contributed by atoms with Gasteiger partial charge >= 0.3 is 0 Å². The summed E-state index contributed by atoms with van der Waals surface area (Å²) in [5.74, 6) is 0.745. The summed E-state index contributed by atoms with van der Waals surface area (Å²) in [7, 11) is 0. The molecule has 1 atom stereocenters. The first-order valence-corrected chi connectivity index (χ1v) is 4.84. The summed E-state index contributed by atoms with van der Waals surface area (Å²) >= 11 is 0. The molecule has 2 fully saturated rings. The van der Waals surface area contributed by atoms with E-state index in [2.05, 4.69) is 6.58 Å². The van der Waals surface area contributed by atoms with Gasteiger partial charge in [-0.15, -0.1) is 0 Å². The molecule has 13 heavy (non-hydrogen) atoms. The lowest BCUT2D eigenvalue weighted by Gasteiger charge is -2.32. The van der Waals surface area contributed by atoms with Gasteiger partial charge in [0.05, 0.1) is 12.7 Å². The average Bonchev–Trinajstić information content (AvgIpc) is 3.00. The molecule has 1 saturated carbocycles. The van der Waals surface area contributed by atoms with Crippen molar-refractivity contribution in [2.24, 2.45) is 5.92 Å². The number of amides is 1. The van der Waals surface area contributed by atoms with Gasteiger partial charge in [0, 0.05) is 13.1 Å². The fourth-order valence-electron chi connectivity index (χ4n) is 1.76. The topological polar surface area (TPSA) is 29.5 Å². The highest BCUT2D eigenvalue weighted by Gasteiger charge is 2.35. The van der Waals surface area contributed by atoms with Crippen LogP contribution in [0.4, 0.5) is 0 Å². The van der Waals surface area contributed by atoms with Crippen LogP contribution in [0, 0.1) is 5.92 Å². The van der Waals surface area contributed by atoms with Crippen molar-refractivity contribution in [3.05, 3.63) is 12.7 Å². The summed E-state index contributed by atoms with van der Waals surface area (Å²) in [6, 6.07) is 0. The molecule has 0 N–H and O–H groups in total. The summed E-state index contributed by atoms with van der Waals surface area (Å²) in [6.45, 7) is 5.65. The Morgan fingerprint density at radius 3 is 2.92 bits per heavy atom. The van der Waals surface area contributed by atoms with Crippen LogP contribution in [0.2, 0.25) is 0 Å². The maximum Gasteiger partial charge on any atom is 0.246 e. The van der Waals surface area contributed by atoms with Crippen LogP contribution in [0.15, 0.2) is 12.7 Å². The maximum atomic E-state index is 11.3. The molecule has 0 aromatic carbocycles. The van der Waals surface area contributed by atoms with E-state index in [-0.39, 0.29) is 12.0 Å². The lowest BCUT2D eigenvalue weighted by Crippen LogP contribution is -2.45. The summed E-state index contributed by atoms with van der Waals surface area (Å²) in [4.78, 5) is 13.1. The highest BCUT2D eigenvalue weighted by molar-refractivity contribution is 5.87. The molecule has 1 heterocycles. The first-order valence-electron chi connectivity index (χ1n) is 4.84. The Labute approximate surface area is 78.4 Å². The predicted octanol–water partition coefficient (Wildman–Crippen LogP) is 0.810. The molecular weight excluding hydrogens is 166 g/mol. The van der Waals surface area contributed by atoms with E-state index < -0.39 is 0 Å². The second-order valence-electron chi connectivity index (χ2n) is 3.74. The summed E-state index contributed by atoms with van der Waals surface area (Å²) in [5, 5.41) is 0. The number of carbonyl (C=O) groups excluding carboxylic acids is 1. The highest BCUT2D eigenvalue weighted by Crippen LogP contribution is 2.35. The summed E-state index contributed by atoms with van der Waals surface area (Å²) in [5.41, 5.74) is 0. The van der Waals surface area contributed by atoms with Crippen LogP contribution in [0.3, 0.4) is 0 Å². The Balaban J connectivity index is 1.90. The van der Waals surface area contributed by atoms with E-state index in [4.69, 9.17) is 4.74 Å². The number of hydrogen-bond donors (Lipinski definition) is 0. The lowest BCUT2D eigenvalue weighted by molar-refractivity contribution is -0.134. The minimum Gasteiger partial charge on any atom is -0.374 e. The van der Waals surface area contributed by atoms with Gasteiger partial charge in [0.1, 0.15) is 0 Å². The van der Waals surface area contributed by atoms with Crippen molar-refractivity contribution in [2.45, 2.75) is 18.9 Å². The molecule has 0 aromatic rings. The zero-order valence-electron chi connectivity index (χ0n) is 7.74. The standard InChI is InChI=1S/C10H15NO2/c1-2-10(12)11-5-6-13-9(7-11)8-3-4-8/h2,8-9H,1,3-7H2. The third-order valence-corrected chi connectivity index (χ3v) is 2.73. The van der Waals surface area contributed by atoms with E-state index in [1.54, 1.807) is 0 Å². The molecule has 0 radical (unpaired) electrons. The number of carbonyl (C=O) groups is 1. The second kappa shape index (κ2) is 3.50. The van der Waals surface area contributed by atoms with E-state index in [0.29, 0.717) is 19.1 Å².